The lowest BCUT2D eigenvalue weighted by Crippen LogP contribution is -2.62. The van der Waals surface area contributed by atoms with Crippen molar-refractivity contribution in [3.63, 3.8) is 0 Å². The lowest BCUT2D eigenvalue weighted by molar-refractivity contribution is -0.638. The van der Waals surface area contributed by atoms with Crippen molar-refractivity contribution in [3.05, 3.63) is 118 Å². The molecule has 7 rings (SSSR count). The zero-order valence-corrected chi connectivity index (χ0v) is 24.4. The van der Waals surface area contributed by atoms with Crippen LogP contribution < -0.4 is 15.3 Å². The predicted octanol–water partition coefficient (Wildman–Crippen LogP) is 5.26. The highest BCUT2D eigenvalue weighted by molar-refractivity contribution is 7.08. The van der Waals surface area contributed by atoms with Crippen LogP contribution in [-0.4, -0.2) is 67.5 Å². The zero-order chi connectivity index (χ0) is 31.2. The van der Waals surface area contributed by atoms with Gasteiger partial charge in [-0.2, -0.15) is 8.78 Å². The van der Waals surface area contributed by atoms with Gasteiger partial charge >= 0.3 is 11.9 Å². The van der Waals surface area contributed by atoms with E-state index in [4.69, 9.17) is 0 Å². The summed E-state index contributed by atoms with van der Waals surface area (Å²) in [6.45, 7) is 0.205. The highest BCUT2D eigenvalue weighted by Crippen LogP contribution is 2.44. The fourth-order valence-corrected chi connectivity index (χ4v) is 10.8. The van der Waals surface area contributed by atoms with Crippen LogP contribution in [0.5, 0.6) is 0 Å². The number of hydrogen-bond acceptors (Lipinski definition) is 2. The number of benzene rings is 3. The van der Waals surface area contributed by atoms with Gasteiger partial charge in [-0.1, -0.05) is 42.9 Å². The molecule has 1 aliphatic carbocycles. The molecule has 224 valence electrons. The maximum Gasteiger partial charge on any atom is 0.361 e. The molecule has 0 radical (unpaired) electrons. The number of carboxylic acids is 1. The number of nitrogens with zero attached hydrogens (tertiary/aromatic N) is 2. The van der Waals surface area contributed by atoms with E-state index >= 15 is 8.78 Å². The zero-order valence-electron chi connectivity index (χ0n) is 23.4. The van der Waals surface area contributed by atoms with Crippen molar-refractivity contribution in [2.75, 3.05) is 31.1 Å². The summed E-state index contributed by atoms with van der Waals surface area (Å²) < 4.78 is 88.6. The van der Waals surface area contributed by atoms with E-state index in [0.29, 0.717) is 32.9 Å². The number of anilines is 1. The number of fused-ring (bicyclic) bond motifs is 2. The van der Waals surface area contributed by atoms with Crippen molar-refractivity contribution in [3.8, 4) is 0 Å². The molecule has 0 bridgehead atoms. The number of aromatic carboxylic acids is 1. The van der Waals surface area contributed by atoms with Crippen LogP contribution in [-0.2, 0) is 0 Å². The number of halogens is 6. The molecule has 44 heavy (non-hydrogen) atoms. The highest BCUT2D eigenvalue weighted by atomic mass is 28.3. The SMILES string of the molecule is C[Si]1(c2ccccc2)C2=CC(=[N+]3CC(F)(F)C3)C=CC2=C(c2c(F)cc(C(=O)O)cc2F)c2ccc(N3CC(F)(F)C3)cc21. The van der Waals surface area contributed by atoms with Crippen molar-refractivity contribution < 1.29 is 40.8 Å². The van der Waals surface area contributed by atoms with Crippen molar-refractivity contribution in [2.45, 2.75) is 18.4 Å². The molecular formula is C33H25F6N2O2Si+. The van der Waals surface area contributed by atoms with Crippen LogP contribution in [0.15, 0.2) is 89.7 Å². The molecule has 11 heteroatoms. The van der Waals surface area contributed by atoms with Crippen LogP contribution in [0.25, 0.3) is 5.57 Å². The Hall–Kier alpha value is -4.38. The first-order valence-corrected chi connectivity index (χ1v) is 16.5. The van der Waals surface area contributed by atoms with Gasteiger partial charge in [-0.3, -0.25) is 0 Å². The fourth-order valence-electron chi connectivity index (χ4n) is 6.69. The van der Waals surface area contributed by atoms with Crippen LogP contribution in [0.2, 0.25) is 6.55 Å². The molecule has 4 nitrogen and oxygen atoms in total. The predicted molar refractivity (Wildman–Crippen MR) is 157 cm³/mol. The van der Waals surface area contributed by atoms with Gasteiger partial charge in [-0.25, -0.2) is 26.9 Å². The van der Waals surface area contributed by atoms with Gasteiger partial charge in [0.15, 0.2) is 5.71 Å². The summed E-state index contributed by atoms with van der Waals surface area (Å²) in [5.41, 5.74) is 1.27. The molecule has 0 amide bonds. The number of alkyl halides is 4. The average Bonchev–Trinajstić information content (AvgIpc) is 2.95. The molecule has 1 unspecified atom stereocenters. The van der Waals surface area contributed by atoms with Gasteiger partial charge in [0.25, 0.3) is 5.92 Å². The minimum Gasteiger partial charge on any atom is -0.478 e. The van der Waals surface area contributed by atoms with E-state index in [1.165, 1.54) is 9.48 Å². The molecule has 0 spiro atoms. The van der Waals surface area contributed by atoms with Crippen molar-refractivity contribution in [1.29, 1.82) is 0 Å². The van der Waals surface area contributed by atoms with Crippen LogP contribution in [0.4, 0.5) is 32.0 Å². The summed E-state index contributed by atoms with van der Waals surface area (Å²) in [6, 6.07) is 16.2. The molecule has 1 atom stereocenters. The molecule has 4 aliphatic rings. The van der Waals surface area contributed by atoms with E-state index in [9.17, 15) is 27.5 Å². The number of allylic oxidation sites excluding steroid dienone is 5. The van der Waals surface area contributed by atoms with Crippen LogP contribution in [0.3, 0.4) is 0 Å². The topological polar surface area (TPSA) is 43.6 Å². The highest BCUT2D eigenvalue weighted by Gasteiger charge is 2.52. The smallest absolute Gasteiger partial charge is 0.361 e. The molecule has 0 saturated carbocycles. The van der Waals surface area contributed by atoms with E-state index in [0.717, 1.165) is 17.3 Å². The summed E-state index contributed by atoms with van der Waals surface area (Å²) in [5, 5.41) is 11.8. The molecule has 2 saturated heterocycles. The summed E-state index contributed by atoms with van der Waals surface area (Å²) in [5.74, 6) is -9.28. The standard InChI is InChI=1S/C33H24F6N2O2Si/c1-44(22-5-3-2-4-6-22)27-13-20(40-15-32(36,37)16-40)7-9-23(27)29(30-25(34)11-19(31(42)43)12-26(30)35)24-10-8-21(14-28(24)44)41-17-33(38,39)18-41/h2-14H,15-18H2,1H3/p+1. The first-order valence-electron chi connectivity index (χ1n) is 14.0. The van der Waals surface area contributed by atoms with E-state index in [1.54, 1.807) is 36.4 Å². The second kappa shape index (κ2) is 9.56. The van der Waals surface area contributed by atoms with Gasteiger partial charge < -0.3 is 10.0 Å². The number of hydrogen-bond donors (Lipinski definition) is 1. The Labute approximate surface area is 249 Å². The number of carbonyl (C=O) groups is 1. The second-order valence-electron chi connectivity index (χ2n) is 11.9. The monoisotopic (exact) mass is 623 g/mol. The Morgan fingerprint density at radius 1 is 0.909 bits per heavy atom. The van der Waals surface area contributed by atoms with Gasteiger partial charge in [-0.05, 0) is 57.0 Å². The third-order valence-corrected chi connectivity index (χ3v) is 13.4. The fraction of sp³-hybridized carbons (Fsp3) is 0.212. The Morgan fingerprint density at radius 3 is 2.16 bits per heavy atom. The summed E-state index contributed by atoms with van der Waals surface area (Å²) in [6.07, 6.45) is 5.14. The minimum atomic E-state index is -3.08. The molecule has 1 N–H and O–H groups in total. The lowest BCUT2D eigenvalue weighted by atomic mass is 9.88. The first kappa shape index (κ1) is 28.4. The normalized spacial score (nSPS) is 23.0. The number of rotatable bonds is 4. The Kier molecular flexibility index (Phi) is 6.17. The lowest BCUT2D eigenvalue weighted by Gasteiger charge is -2.43. The maximum atomic E-state index is 15.8. The quantitative estimate of drug-likeness (QED) is 0.245. The number of carboxylic acid groups (broad SMARTS) is 1. The van der Waals surface area contributed by atoms with Crippen LogP contribution >= 0.6 is 0 Å². The van der Waals surface area contributed by atoms with Gasteiger partial charge in [0, 0.05) is 23.4 Å². The van der Waals surface area contributed by atoms with Gasteiger partial charge in [-0.15, -0.1) is 0 Å². The van der Waals surface area contributed by atoms with Gasteiger partial charge in [0.1, 0.15) is 19.7 Å². The molecule has 3 aliphatic heterocycles. The molecule has 2 fully saturated rings. The van der Waals surface area contributed by atoms with E-state index in [2.05, 4.69) is 6.55 Å². The Bertz CT molecular complexity index is 1860. The van der Waals surface area contributed by atoms with Gasteiger partial charge in [0.05, 0.1) is 24.2 Å². The minimum absolute atomic E-state index is 0.184. The largest absolute Gasteiger partial charge is 0.478 e. The van der Waals surface area contributed by atoms with Crippen molar-refractivity contribution in [2.24, 2.45) is 0 Å². The Morgan fingerprint density at radius 2 is 1.57 bits per heavy atom. The van der Waals surface area contributed by atoms with Crippen LogP contribution in [0, 0.1) is 11.6 Å². The molecular weight excluding hydrogens is 598 g/mol. The maximum absolute atomic E-state index is 15.8. The third kappa shape index (κ3) is 4.35. The molecule has 3 heterocycles. The summed E-state index contributed by atoms with van der Waals surface area (Å²) >= 11 is 0. The van der Waals surface area contributed by atoms with Gasteiger partial charge in [0.2, 0.25) is 13.1 Å². The van der Waals surface area contributed by atoms with E-state index < -0.39 is 74.8 Å². The third-order valence-electron chi connectivity index (χ3n) is 8.93. The van der Waals surface area contributed by atoms with Crippen LogP contribution in [0.1, 0.15) is 21.5 Å². The molecule has 3 aromatic carbocycles. The molecule has 3 aromatic rings. The first-order chi connectivity index (χ1) is 20.8. The summed E-state index contributed by atoms with van der Waals surface area (Å²) in [7, 11) is -3.08. The average molecular weight is 624 g/mol. The second-order valence-corrected chi connectivity index (χ2v) is 15.8. The van der Waals surface area contributed by atoms with Crippen molar-refractivity contribution >= 4 is 41.4 Å². The molecule has 0 aromatic heterocycles. The van der Waals surface area contributed by atoms with E-state index in [1.807, 2.05) is 30.3 Å². The summed E-state index contributed by atoms with van der Waals surface area (Å²) in [4.78, 5) is 13.1. The van der Waals surface area contributed by atoms with E-state index in [-0.39, 0.29) is 5.57 Å². The Balaban J connectivity index is 1.54. The van der Waals surface area contributed by atoms with Crippen molar-refractivity contribution in [1.82, 2.24) is 0 Å².